The molecule has 0 aromatic heterocycles. The largest absolute Gasteiger partial charge is 0.468 e. The van der Waals surface area contributed by atoms with E-state index in [1.165, 1.54) is 69.1 Å². The predicted molar refractivity (Wildman–Crippen MR) is 380 cm³/mol. The molecule has 4 aliphatic rings. The van der Waals surface area contributed by atoms with Gasteiger partial charge < -0.3 is 55.9 Å². The van der Waals surface area contributed by atoms with Crippen molar-refractivity contribution in [3.63, 3.8) is 0 Å². The van der Waals surface area contributed by atoms with Crippen molar-refractivity contribution in [2.24, 2.45) is 5.41 Å². The molecule has 0 saturated carbocycles. The number of rotatable bonds is 20. The number of thioether (sulfide) groups is 1. The van der Waals surface area contributed by atoms with E-state index in [0.717, 1.165) is 75.1 Å². The Morgan fingerprint density at radius 2 is 1.05 bits per heavy atom. The van der Waals surface area contributed by atoms with Gasteiger partial charge in [0.2, 0.25) is 35.4 Å². The molecule has 0 radical (unpaired) electrons. The molecule has 1 saturated heterocycles. The van der Waals surface area contributed by atoms with E-state index in [4.69, 9.17) is 14.2 Å². The highest BCUT2D eigenvalue weighted by Gasteiger charge is 2.49. The van der Waals surface area contributed by atoms with Crippen molar-refractivity contribution in [3.05, 3.63) is 136 Å². The highest BCUT2D eigenvalue weighted by molar-refractivity contribution is 8.01. The van der Waals surface area contributed by atoms with Crippen molar-refractivity contribution >= 4 is 82.9 Å². The zero-order valence-electron chi connectivity index (χ0n) is 60.5. The van der Waals surface area contributed by atoms with Gasteiger partial charge in [-0.2, -0.15) is 0 Å². The predicted octanol–water partition coefficient (Wildman–Crippen LogP) is 8.49. The molecular formula is C75H100N10O14S. The Balaban J connectivity index is 1.01. The van der Waals surface area contributed by atoms with Crippen LogP contribution >= 0.6 is 11.8 Å². The van der Waals surface area contributed by atoms with Crippen LogP contribution in [0.4, 0.5) is 15.3 Å². The molecule has 100 heavy (non-hydrogen) atoms. The lowest BCUT2D eigenvalue weighted by Gasteiger charge is -2.42. The SMILES string of the molecule is COC(=O)CSC(C)(C)[C@H](NC(=O)[C@H](C)N(C)C(=O)OC(C)(C)C)C(=O)N1Cc2cc(NC(=O)c3ccc(C(=O)N[C@H]4C[C@@H](C(=O)N[C@@H]5CCCc6ccccc65)N(C(=O)[C@@H](NC(=O)[C@H](C)N(C)C(=O)OC(C)(C)C)C(C)(C)C)C4)cc3)ccc2C[C@H]1C(=O)N[C@@H]1CCCc2ccccc21. The lowest BCUT2D eigenvalue weighted by molar-refractivity contribution is -0.146. The normalized spacial score (nSPS) is 19.4. The molecule has 0 unspecified atom stereocenters. The number of hydrogen-bond donors (Lipinski definition) is 6. The van der Waals surface area contributed by atoms with Gasteiger partial charge in [0.25, 0.3) is 11.8 Å². The number of likely N-dealkylation sites (N-methyl/N-ethyl adjacent to an activating group) is 2. The van der Waals surface area contributed by atoms with Crippen LogP contribution in [0.2, 0.25) is 0 Å². The number of hydrogen-bond acceptors (Lipinski definition) is 15. The van der Waals surface area contributed by atoms with Crippen LogP contribution in [0.5, 0.6) is 0 Å². The number of carbonyl (C=O) groups is 11. The molecule has 4 aromatic carbocycles. The Hall–Kier alpha value is -9.00. The first kappa shape index (κ1) is 76.7. The third-order valence-corrected chi connectivity index (χ3v) is 20.2. The number of anilines is 1. The number of carbonyl (C=O) groups excluding carboxylic acids is 11. The highest BCUT2D eigenvalue weighted by Crippen LogP contribution is 2.37. The van der Waals surface area contributed by atoms with E-state index in [1.54, 1.807) is 94.4 Å². The van der Waals surface area contributed by atoms with Crippen molar-refractivity contribution in [1.29, 1.82) is 0 Å². The van der Waals surface area contributed by atoms with Crippen LogP contribution in [0.1, 0.15) is 188 Å². The van der Waals surface area contributed by atoms with Gasteiger partial charge in [0, 0.05) is 61.2 Å². The van der Waals surface area contributed by atoms with Crippen molar-refractivity contribution in [2.45, 2.75) is 218 Å². The summed E-state index contributed by atoms with van der Waals surface area (Å²) < 4.78 is 14.8. The van der Waals surface area contributed by atoms with Crippen LogP contribution in [0.15, 0.2) is 91.0 Å². The summed E-state index contributed by atoms with van der Waals surface area (Å²) in [7, 11) is 4.08. The average molecular weight is 1400 g/mol. The zero-order chi connectivity index (χ0) is 73.5. The number of nitrogens with one attached hydrogen (secondary N) is 6. The fourth-order valence-corrected chi connectivity index (χ4v) is 13.8. The number of amides is 10. The van der Waals surface area contributed by atoms with E-state index in [0.29, 0.717) is 24.1 Å². The first-order valence-electron chi connectivity index (χ1n) is 34.3. The second-order valence-corrected chi connectivity index (χ2v) is 31.8. The number of nitrogens with zero attached hydrogens (tertiary/aromatic N) is 4. The number of aryl methyl sites for hydroxylation is 2. The number of methoxy groups -OCH3 is 1. The van der Waals surface area contributed by atoms with E-state index in [-0.39, 0.29) is 54.9 Å². The molecule has 25 heteroatoms. The average Bonchev–Trinajstić information content (AvgIpc) is 1.58. The van der Waals surface area contributed by atoms with E-state index < -0.39 is 129 Å². The Bertz CT molecular complexity index is 3750. The summed E-state index contributed by atoms with van der Waals surface area (Å²) >= 11 is 1.07. The van der Waals surface area contributed by atoms with Crippen LogP contribution in [-0.2, 0) is 73.6 Å². The van der Waals surface area contributed by atoms with Crippen LogP contribution in [0, 0.1) is 5.41 Å². The topological polar surface area (TPSA) is 301 Å². The summed E-state index contributed by atoms with van der Waals surface area (Å²) in [5.41, 5.74) is 3.65. The van der Waals surface area contributed by atoms with Gasteiger partial charge in [-0.15, -0.1) is 11.8 Å². The van der Waals surface area contributed by atoms with Gasteiger partial charge in [-0.25, -0.2) is 9.59 Å². The quantitative estimate of drug-likeness (QED) is 0.0357. The number of ether oxygens (including phenoxy) is 3. The molecule has 0 spiro atoms. The standard InChI is InChI=1S/C75H100N10O14S/c1-43(82(14)70(95)98-73(6,7)8)62(87)80-60(72(3,4)5)68(93)85-41-52(39-58(85)67(92)79-56-30-22-26-46-24-18-20-28-54(46)56)77-65(90)48-33-31-47(32-34-48)64(89)76-51-36-35-49-38-57(66(91)78-55-29-21-25-45-23-17-19-27-53(45)55)84(40-50(49)37-51)69(94)61(75(12,13)100-42-59(86)97-16)81-63(88)44(2)83(15)71(96)99-74(9,10)11/h17-20,23-24,27-28,31-37,43-44,52,55-58,60-61H,21-22,25-26,29-30,38-42H2,1-16H3,(H,76,89)(H,77,90)(H,78,91)(H,79,92)(H,80,87)(H,81,88)/t43-,44-,52-,55+,56+,57-,58-,60+,61+/m0/s1. The molecule has 1 fully saturated rings. The maximum Gasteiger partial charge on any atom is 0.410 e. The van der Waals surface area contributed by atoms with Crippen molar-refractivity contribution in [2.75, 3.05) is 38.8 Å². The van der Waals surface area contributed by atoms with Crippen molar-refractivity contribution in [1.82, 2.24) is 46.2 Å². The van der Waals surface area contributed by atoms with Gasteiger partial charge in [0.05, 0.1) is 24.9 Å². The summed E-state index contributed by atoms with van der Waals surface area (Å²) in [5.74, 6) is -5.19. The molecule has 2 aliphatic carbocycles. The van der Waals surface area contributed by atoms with Gasteiger partial charge in [-0.1, -0.05) is 75.4 Å². The summed E-state index contributed by atoms with van der Waals surface area (Å²) in [6.45, 7) is 21.7. The highest BCUT2D eigenvalue weighted by atomic mass is 32.2. The monoisotopic (exact) mass is 1400 g/mol. The minimum Gasteiger partial charge on any atom is -0.468 e. The minimum absolute atomic E-state index is 0.0382. The minimum atomic E-state index is -1.39. The Morgan fingerprint density at radius 3 is 1.55 bits per heavy atom. The maximum atomic E-state index is 15.6. The Morgan fingerprint density at radius 1 is 0.570 bits per heavy atom. The summed E-state index contributed by atoms with van der Waals surface area (Å²) in [6, 6.07) is 18.6. The zero-order valence-corrected chi connectivity index (χ0v) is 61.4. The summed E-state index contributed by atoms with van der Waals surface area (Å²) in [5, 5.41) is 18.2. The van der Waals surface area contributed by atoms with Crippen molar-refractivity contribution in [3.8, 4) is 0 Å². The molecule has 2 aliphatic heterocycles. The summed E-state index contributed by atoms with van der Waals surface area (Å²) in [6.07, 6.45) is 3.32. The third-order valence-electron chi connectivity index (χ3n) is 18.9. The molecule has 24 nitrogen and oxygen atoms in total. The molecule has 8 rings (SSSR count). The second-order valence-electron chi connectivity index (χ2n) is 30.2. The molecule has 4 aromatic rings. The second kappa shape index (κ2) is 31.7. The fraction of sp³-hybridized carbons (Fsp3) is 0.533. The van der Waals surface area contributed by atoms with E-state index in [1.807, 2.05) is 48.5 Å². The molecule has 6 N–H and O–H groups in total. The molecule has 9 atom stereocenters. The summed E-state index contributed by atoms with van der Waals surface area (Å²) in [4.78, 5) is 161. The van der Waals surface area contributed by atoms with E-state index in [9.17, 15) is 43.2 Å². The Labute approximate surface area is 591 Å². The van der Waals surface area contributed by atoms with Gasteiger partial charge in [-0.05, 0) is 189 Å². The fourth-order valence-electron chi connectivity index (χ4n) is 12.9. The molecule has 2 heterocycles. The Kier molecular flexibility index (Phi) is 24.3. The molecule has 540 valence electrons. The van der Waals surface area contributed by atoms with Crippen LogP contribution in [0.3, 0.4) is 0 Å². The van der Waals surface area contributed by atoms with Gasteiger partial charge in [0.15, 0.2) is 0 Å². The van der Waals surface area contributed by atoms with Gasteiger partial charge in [0.1, 0.15) is 47.5 Å². The van der Waals surface area contributed by atoms with Crippen LogP contribution < -0.4 is 31.9 Å². The number of esters is 1. The van der Waals surface area contributed by atoms with E-state index >= 15 is 9.59 Å². The lowest BCUT2D eigenvalue weighted by Crippen LogP contribution is -2.64. The number of fused-ring (bicyclic) bond motifs is 3. The third kappa shape index (κ3) is 19.1. The lowest BCUT2D eigenvalue weighted by atomic mass is 9.85. The van der Waals surface area contributed by atoms with E-state index in [2.05, 4.69) is 31.9 Å². The van der Waals surface area contributed by atoms with Gasteiger partial charge in [-0.3, -0.25) is 53.0 Å². The number of benzene rings is 4. The smallest absolute Gasteiger partial charge is 0.410 e. The van der Waals surface area contributed by atoms with Crippen LogP contribution in [0.25, 0.3) is 0 Å². The first-order chi connectivity index (χ1) is 46.8. The molecule has 10 amide bonds. The number of likely N-dealkylation sites (tertiary alicyclic amines) is 1. The molecular weight excluding hydrogens is 1300 g/mol. The van der Waals surface area contributed by atoms with Crippen molar-refractivity contribution < 1.29 is 67.0 Å². The maximum absolute atomic E-state index is 15.6. The first-order valence-corrected chi connectivity index (χ1v) is 35.3. The van der Waals surface area contributed by atoms with Crippen LogP contribution in [-0.4, -0.2) is 177 Å². The molecule has 0 bridgehead atoms. The van der Waals surface area contributed by atoms with Gasteiger partial charge >= 0.3 is 18.2 Å².